The molecule has 0 aliphatic heterocycles. The molecule has 1 N–H and O–H groups in total. The molecule has 0 aliphatic carbocycles. The van der Waals surface area contributed by atoms with Gasteiger partial charge in [-0.15, -0.1) is 10.2 Å². The van der Waals surface area contributed by atoms with Crippen LogP contribution in [0.4, 0.5) is 0 Å². The smallest absolute Gasteiger partial charge is 0.204 e. The fourth-order valence-electron chi connectivity index (χ4n) is 1.46. The van der Waals surface area contributed by atoms with Crippen LogP contribution in [0.25, 0.3) is 11.4 Å². The SMILES string of the molecule is COCC(O)Cn1nnc(-c2ccccc2)n1. The molecule has 0 radical (unpaired) electrons. The van der Waals surface area contributed by atoms with Crippen molar-refractivity contribution in [3.05, 3.63) is 30.3 Å². The Bertz CT molecular complexity index is 458. The lowest BCUT2D eigenvalue weighted by atomic mass is 10.2. The van der Waals surface area contributed by atoms with Gasteiger partial charge in [-0.2, -0.15) is 4.80 Å². The van der Waals surface area contributed by atoms with Crippen LogP contribution < -0.4 is 0 Å². The van der Waals surface area contributed by atoms with Crippen molar-refractivity contribution in [2.45, 2.75) is 12.6 Å². The van der Waals surface area contributed by atoms with Crippen LogP contribution in [0.15, 0.2) is 30.3 Å². The first-order valence-corrected chi connectivity index (χ1v) is 5.30. The predicted octanol–water partition coefficient (Wildman–Crippen LogP) is 0.347. The number of aliphatic hydroxyl groups is 1. The van der Waals surface area contributed by atoms with E-state index in [1.807, 2.05) is 30.3 Å². The quantitative estimate of drug-likeness (QED) is 0.808. The lowest BCUT2D eigenvalue weighted by molar-refractivity contribution is 0.0483. The number of nitrogens with zero attached hydrogens (tertiary/aromatic N) is 4. The number of rotatable bonds is 5. The average Bonchev–Trinajstić information content (AvgIpc) is 2.79. The van der Waals surface area contributed by atoms with Crippen LogP contribution >= 0.6 is 0 Å². The molecule has 1 atom stereocenters. The molecule has 1 aromatic heterocycles. The minimum absolute atomic E-state index is 0.252. The summed E-state index contributed by atoms with van der Waals surface area (Å²) < 4.78 is 4.83. The topological polar surface area (TPSA) is 73.1 Å². The van der Waals surface area contributed by atoms with Gasteiger partial charge in [-0.3, -0.25) is 0 Å². The highest BCUT2D eigenvalue weighted by atomic mass is 16.5. The second-order valence-corrected chi connectivity index (χ2v) is 3.64. The Morgan fingerprint density at radius 2 is 2.12 bits per heavy atom. The second kappa shape index (κ2) is 5.51. The van der Waals surface area contributed by atoms with E-state index in [0.717, 1.165) is 5.56 Å². The molecule has 90 valence electrons. The molecule has 0 bridgehead atoms. The van der Waals surface area contributed by atoms with Gasteiger partial charge in [0, 0.05) is 12.7 Å². The fraction of sp³-hybridized carbons (Fsp3) is 0.364. The Balaban J connectivity index is 2.06. The average molecular weight is 234 g/mol. The van der Waals surface area contributed by atoms with Crippen molar-refractivity contribution in [2.75, 3.05) is 13.7 Å². The summed E-state index contributed by atoms with van der Waals surface area (Å²) in [5.41, 5.74) is 0.903. The van der Waals surface area contributed by atoms with E-state index < -0.39 is 6.10 Å². The number of tetrazole rings is 1. The molecule has 2 rings (SSSR count). The van der Waals surface area contributed by atoms with Gasteiger partial charge in [-0.05, 0) is 5.21 Å². The van der Waals surface area contributed by atoms with E-state index in [4.69, 9.17) is 4.74 Å². The summed E-state index contributed by atoms with van der Waals surface area (Å²) in [5.74, 6) is 0.551. The second-order valence-electron chi connectivity index (χ2n) is 3.64. The maximum Gasteiger partial charge on any atom is 0.204 e. The van der Waals surface area contributed by atoms with Gasteiger partial charge in [0.1, 0.15) is 0 Å². The molecular formula is C11H14N4O2. The first-order valence-electron chi connectivity index (χ1n) is 5.30. The van der Waals surface area contributed by atoms with Gasteiger partial charge in [0.25, 0.3) is 0 Å². The minimum atomic E-state index is -0.627. The van der Waals surface area contributed by atoms with Gasteiger partial charge in [-0.1, -0.05) is 30.3 Å². The van der Waals surface area contributed by atoms with E-state index >= 15 is 0 Å². The summed E-state index contributed by atoms with van der Waals surface area (Å²) in [7, 11) is 1.54. The third-order valence-electron chi connectivity index (χ3n) is 2.22. The van der Waals surface area contributed by atoms with E-state index in [1.54, 1.807) is 0 Å². The molecule has 0 spiro atoms. The molecule has 1 aromatic carbocycles. The van der Waals surface area contributed by atoms with E-state index in [-0.39, 0.29) is 13.2 Å². The van der Waals surface area contributed by atoms with Crippen molar-refractivity contribution >= 4 is 0 Å². The maximum absolute atomic E-state index is 9.53. The summed E-state index contributed by atoms with van der Waals surface area (Å²) in [6.07, 6.45) is -0.627. The third kappa shape index (κ3) is 3.08. The van der Waals surface area contributed by atoms with Gasteiger partial charge < -0.3 is 9.84 Å². The number of hydrogen-bond donors (Lipinski definition) is 1. The van der Waals surface area contributed by atoms with Crippen LogP contribution in [0.2, 0.25) is 0 Å². The lowest BCUT2D eigenvalue weighted by Crippen LogP contribution is -2.22. The Morgan fingerprint density at radius 1 is 1.35 bits per heavy atom. The van der Waals surface area contributed by atoms with Crippen molar-refractivity contribution in [3.8, 4) is 11.4 Å². The van der Waals surface area contributed by atoms with Gasteiger partial charge in [0.05, 0.1) is 19.3 Å². The van der Waals surface area contributed by atoms with Crippen molar-refractivity contribution < 1.29 is 9.84 Å². The zero-order chi connectivity index (χ0) is 12.1. The molecule has 0 aliphatic rings. The summed E-state index contributed by atoms with van der Waals surface area (Å²) in [4.78, 5) is 1.37. The van der Waals surface area contributed by atoms with E-state index in [1.165, 1.54) is 11.9 Å². The van der Waals surface area contributed by atoms with Gasteiger partial charge in [0.15, 0.2) is 0 Å². The van der Waals surface area contributed by atoms with Crippen LogP contribution in [0, 0.1) is 0 Å². The maximum atomic E-state index is 9.53. The molecular weight excluding hydrogens is 220 g/mol. The molecule has 2 aromatic rings. The van der Waals surface area contributed by atoms with Crippen molar-refractivity contribution in [1.29, 1.82) is 0 Å². The molecule has 17 heavy (non-hydrogen) atoms. The summed E-state index contributed by atoms with van der Waals surface area (Å²) >= 11 is 0. The molecule has 6 nitrogen and oxygen atoms in total. The fourth-order valence-corrected chi connectivity index (χ4v) is 1.46. The largest absolute Gasteiger partial charge is 0.389 e. The highest BCUT2D eigenvalue weighted by Crippen LogP contribution is 2.11. The first kappa shape index (κ1) is 11.7. The highest BCUT2D eigenvalue weighted by molar-refractivity contribution is 5.52. The van der Waals surface area contributed by atoms with Gasteiger partial charge in [-0.25, -0.2) is 0 Å². The zero-order valence-corrected chi connectivity index (χ0v) is 9.52. The molecule has 0 saturated carbocycles. The van der Waals surface area contributed by atoms with Gasteiger partial charge in [0.2, 0.25) is 5.82 Å². The molecule has 0 amide bonds. The predicted molar refractivity (Wildman–Crippen MR) is 61.1 cm³/mol. The third-order valence-corrected chi connectivity index (χ3v) is 2.22. The Kier molecular flexibility index (Phi) is 3.79. The van der Waals surface area contributed by atoms with Crippen LogP contribution in [0.1, 0.15) is 0 Å². The number of aliphatic hydroxyl groups excluding tert-OH is 1. The number of benzene rings is 1. The van der Waals surface area contributed by atoms with Crippen LogP contribution in [-0.4, -0.2) is 45.1 Å². The van der Waals surface area contributed by atoms with Crippen LogP contribution in [0.3, 0.4) is 0 Å². The van der Waals surface area contributed by atoms with Crippen molar-refractivity contribution in [3.63, 3.8) is 0 Å². The molecule has 6 heteroatoms. The van der Waals surface area contributed by atoms with E-state index in [9.17, 15) is 5.11 Å². The van der Waals surface area contributed by atoms with E-state index in [0.29, 0.717) is 5.82 Å². The number of methoxy groups -OCH3 is 1. The molecule has 1 unspecified atom stereocenters. The first-order chi connectivity index (χ1) is 8.29. The highest BCUT2D eigenvalue weighted by Gasteiger charge is 2.09. The normalized spacial score (nSPS) is 12.6. The van der Waals surface area contributed by atoms with Crippen molar-refractivity contribution in [2.24, 2.45) is 0 Å². The van der Waals surface area contributed by atoms with Crippen LogP contribution in [-0.2, 0) is 11.3 Å². The molecule has 1 heterocycles. The molecule has 0 saturated heterocycles. The summed E-state index contributed by atoms with van der Waals surface area (Å²) in [6, 6.07) is 9.57. The monoisotopic (exact) mass is 234 g/mol. The zero-order valence-electron chi connectivity index (χ0n) is 9.52. The van der Waals surface area contributed by atoms with Gasteiger partial charge >= 0.3 is 0 Å². The van der Waals surface area contributed by atoms with Crippen LogP contribution in [0.5, 0.6) is 0 Å². The number of aromatic nitrogens is 4. The summed E-state index contributed by atoms with van der Waals surface area (Å²) in [6.45, 7) is 0.524. The Labute approximate surface area is 98.8 Å². The Morgan fingerprint density at radius 3 is 2.82 bits per heavy atom. The molecule has 0 fully saturated rings. The standard InChI is InChI=1S/C11H14N4O2/c1-17-8-10(16)7-15-13-11(12-14-15)9-5-3-2-4-6-9/h2-6,10,16H,7-8H2,1H3. The lowest BCUT2D eigenvalue weighted by Gasteiger charge is -2.06. The van der Waals surface area contributed by atoms with Crippen molar-refractivity contribution in [1.82, 2.24) is 20.2 Å². The number of ether oxygens (including phenoxy) is 1. The minimum Gasteiger partial charge on any atom is -0.389 e. The number of hydrogen-bond acceptors (Lipinski definition) is 5. The summed E-state index contributed by atoms with van der Waals surface area (Å²) in [5, 5.41) is 21.5. The van der Waals surface area contributed by atoms with E-state index in [2.05, 4.69) is 15.4 Å². The Hall–Kier alpha value is -1.79.